The van der Waals surface area contributed by atoms with Crippen molar-refractivity contribution >= 4 is 17.5 Å². The number of carbonyl (C=O) groups excluding carboxylic acids is 2. The van der Waals surface area contributed by atoms with Gasteiger partial charge in [-0.1, -0.05) is 24.3 Å². The number of likely N-dealkylation sites (N-methyl/N-ethyl adjacent to an activating group) is 1. The van der Waals surface area contributed by atoms with Crippen molar-refractivity contribution < 1.29 is 18.4 Å². The first-order chi connectivity index (χ1) is 13.9. The number of piperazine rings is 1. The fourth-order valence-corrected chi connectivity index (χ4v) is 3.29. The third-order valence-corrected chi connectivity index (χ3v) is 5.02. The normalized spacial score (nSPS) is 16.2. The average Bonchev–Trinajstić information content (AvgIpc) is 2.72. The molecule has 2 aromatic carbocycles. The second-order valence-electron chi connectivity index (χ2n) is 7.05. The van der Waals surface area contributed by atoms with Crippen LogP contribution in [0.4, 0.5) is 14.5 Å². The summed E-state index contributed by atoms with van der Waals surface area (Å²) in [7, 11) is 2.04. The number of para-hydroxylation sites is 1. The van der Waals surface area contributed by atoms with E-state index in [1.54, 1.807) is 18.2 Å². The molecule has 0 aromatic heterocycles. The standard InChI is InChI=1S/C21H24F2N4O2/c1-26-10-12-27(13-11-26)19(15-6-8-16(22)9-7-15)14-24-20(28)21(29)25-18-5-3-2-4-17(18)23/h2-9,19H,10-14H2,1H3,(H,24,28)(H,25,29). The number of hydrogen-bond acceptors (Lipinski definition) is 4. The van der Waals surface area contributed by atoms with Crippen LogP contribution >= 0.6 is 0 Å². The van der Waals surface area contributed by atoms with Crippen molar-refractivity contribution in [3.63, 3.8) is 0 Å². The molecule has 8 heteroatoms. The fourth-order valence-electron chi connectivity index (χ4n) is 3.29. The van der Waals surface area contributed by atoms with Crippen molar-refractivity contribution in [2.75, 3.05) is 45.1 Å². The van der Waals surface area contributed by atoms with Gasteiger partial charge in [-0.3, -0.25) is 14.5 Å². The Labute approximate surface area is 168 Å². The van der Waals surface area contributed by atoms with E-state index in [4.69, 9.17) is 0 Å². The minimum atomic E-state index is -0.939. The van der Waals surface area contributed by atoms with E-state index in [2.05, 4.69) is 20.4 Å². The quantitative estimate of drug-likeness (QED) is 0.751. The average molecular weight is 402 g/mol. The number of benzene rings is 2. The number of rotatable bonds is 5. The predicted octanol–water partition coefficient (Wildman–Crippen LogP) is 2.01. The molecule has 1 unspecified atom stereocenters. The van der Waals surface area contributed by atoms with Crippen molar-refractivity contribution in [1.82, 2.24) is 15.1 Å². The molecule has 3 rings (SSSR count). The number of anilines is 1. The van der Waals surface area contributed by atoms with E-state index in [0.29, 0.717) is 0 Å². The first-order valence-corrected chi connectivity index (χ1v) is 9.46. The zero-order valence-corrected chi connectivity index (χ0v) is 16.2. The smallest absolute Gasteiger partial charge is 0.313 e. The summed E-state index contributed by atoms with van der Waals surface area (Å²) in [6, 6.07) is 11.6. The number of amides is 2. The summed E-state index contributed by atoms with van der Waals surface area (Å²) in [5.74, 6) is -2.74. The van der Waals surface area contributed by atoms with Gasteiger partial charge in [0.05, 0.1) is 11.7 Å². The summed E-state index contributed by atoms with van der Waals surface area (Å²) in [5.41, 5.74) is 0.799. The zero-order valence-electron chi connectivity index (χ0n) is 16.2. The third kappa shape index (κ3) is 5.58. The number of nitrogens with one attached hydrogen (secondary N) is 2. The van der Waals surface area contributed by atoms with Gasteiger partial charge in [-0.2, -0.15) is 0 Å². The van der Waals surface area contributed by atoms with E-state index in [1.807, 2.05) is 7.05 Å². The molecule has 0 radical (unpaired) electrons. The van der Waals surface area contributed by atoms with Crippen molar-refractivity contribution in [3.05, 3.63) is 65.7 Å². The molecule has 2 aromatic rings. The molecule has 1 heterocycles. The van der Waals surface area contributed by atoms with Crippen LogP contribution in [-0.2, 0) is 9.59 Å². The maximum atomic E-state index is 13.7. The Kier molecular flexibility index (Phi) is 6.90. The Balaban J connectivity index is 1.65. The summed E-state index contributed by atoms with van der Waals surface area (Å²) < 4.78 is 27.0. The molecule has 6 nitrogen and oxygen atoms in total. The molecular formula is C21H24F2N4O2. The molecule has 0 aliphatic carbocycles. The van der Waals surface area contributed by atoms with Crippen LogP contribution in [0.2, 0.25) is 0 Å². The van der Waals surface area contributed by atoms with Crippen LogP contribution in [0.1, 0.15) is 11.6 Å². The van der Waals surface area contributed by atoms with Crippen LogP contribution in [0.25, 0.3) is 0 Å². The Hall–Kier alpha value is -2.84. The molecule has 0 bridgehead atoms. The van der Waals surface area contributed by atoms with E-state index in [9.17, 15) is 18.4 Å². The van der Waals surface area contributed by atoms with Gasteiger partial charge in [0.15, 0.2) is 0 Å². The summed E-state index contributed by atoms with van der Waals surface area (Å²) in [6.07, 6.45) is 0. The van der Waals surface area contributed by atoms with E-state index < -0.39 is 17.6 Å². The van der Waals surface area contributed by atoms with Gasteiger partial charge in [-0.05, 0) is 36.9 Å². The van der Waals surface area contributed by atoms with Crippen LogP contribution in [0.3, 0.4) is 0 Å². The lowest BCUT2D eigenvalue weighted by molar-refractivity contribution is -0.136. The minimum absolute atomic E-state index is 0.0539. The van der Waals surface area contributed by atoms with Gasteiger partial charge < -0.3 is 15.5 Å². The van der Waals surface area contributed by atoms with Gasteiger partial charge >= 0.3 is 11.8 Å². The van der Waals surface area contributed by atoms with Crippen molar-refractivity contribution in [2.24, 2.45) is 0 Å². The zero-order chi connectivity index (χ0) is 20.8. The lowest BCUT2D eigenvalue weighted by Gasteiger charge is -2.38. The van der Waals surface area contributed by atoms with Crippen LogP contribution in [-0.4, -0.2) is 61.4 Å². The second-order valence-corrected chi connectivity index (χ2v) is 7.05. The molecule has 1 saturated heterocycles. The number of carbonyl (C=O) groups is 2. The van der Waals surface area contributed by atoms with E-state index >= 15 is 0 Å². The summed E-state index contributed by atoms with van der Waals surface area (Å²) >= 11 is 0. The molecule has 2 amide bonds. The van der Waals surface area contributed by atoms with Crippen LogP contribution in [0.15, 0.2) is 48.5 Å². The Morgan fingerprint density at radius 3 is 2.28 bits per heavy atom. The topological polar surface area (TPSA) is 64.7 Å². The lowest BCUT2D eigenvalue weighted by atomic mass is 10.0. The van der Waals surface area contributed by atoms with E-state index in [-0.39, 0.29) is 24.1 Å². The number of halogens is 2. The van der Waals surface area contributed by atoms with Crippen LogP contribution < -0.4 is 10.6 Å². The molecule has 154 valence electrons. The van der Waals surface area contributed by atoms with Crippen molar-refractivity contribution in [1.29, 1.82) is 0 Å². The molecule has 0 spiro atoms. The highest BCUT2D eigenvalue weighted by molar-refractivity contribution is 6.39. The molecule has 1 atom stereocenters. The van der Waals surface area contributed by atoms with Crippen molar-refractivity contribution in [3.8, 4) is 0 Å². The fraction of sp³-hybridized carbons (Fsp3) is 0.333. The highest BCUT2D eigenvalue weighted by atomic mass is 19.1. The van der Waals surface area contributed by atoms with Gasteiger partial charge in [0.25, 0.3) is 0 Å². The first-order valence-electron chi connectivity index (χ1n) is 9.46. The summed E-state index contributed by atoms with van der Waals surface area (Å²) in [4.78, 5) is 28.8. The van der Waals surface area contributed by atoms with E-state index in [1.165, 1.54) is 30.3 Å². The molecule has 0 saturated carbocycles. The van der Waals surface area contributed by atoms with Crippen LogP contribution in [0.5, 0.6) is 0 Å². The van der Waals surface area contributed by atoms with Gasteiger partial charge in [0.1, 0.15) is 11.6 Å². The maximum absolute atomic E-state index is 13.7. The molecule has 1 aliphatic rings. The molecule has 1 aliphatic heterocycles. The minimum Gasteiger partial charge on any atom is -0.346 e. The Morgan fingerprint density at radius 1 is 0.966 bits per heavy atom. The SMILES string of the molecule is CN1CCN(C(CNC(=O)C(=O)Nc2ccccc2F)c2ccc(F)cc2)CC1. The lowest BCUT2D eigenvalue weighted by Crippen LogP contribution is -2.49. The summed E-state index contributed by atoms with van der Waals surface area (Å²) in [5, 5.41) is 4.89. The van der Waals surface area contributed by atoms with Crippen LogP contribution in [0, 0.1) is 11.6 Å². The van der Waals surface area contributed by atoms with Crippen molar-refractivity contribution in [2.45, 2.75) is 6.04 Å². The number of hydrogen-bond donors (Lipinski definition) is 2. The van der Waals surface area contributed by atoms with E-state index in [0.717, 1.165) is 31.7 Å². The highest BCUT2D eigenvalue weighted by Crippen LogP contribution is 2.22. The highest BCUT2D eigenvalue weighted by Gasteiger charge is 2.25. The summed E-state index contributed by atoms with van der Waals surface area (Å²) in [6.45, 7) is 3.50. The van der Waals surface area contributed by atoms with Gasteiger partial charge in [-0.15, -0.1) is 0 Å². The van der Waals surface area contributed by atoms with Gasteiger partial charge in [-0.25, -0.2) is 8.78 Å². The first kappa shape index (κ1) is 20.9. The van der Waals surface area contributed by atoms with Gasteiger partial charge in [0, 0.05) is 32.7 Å². The molecule has 29 heavy (non-hydrogen) atoms. The molecular weight excluding hydrogens is 378 g/mol. The van der Waals surface area contributed by atoms with Gasteiger partial charge in [0.2, 0.25) is 0 Å². The Bertz CT molecular complexity index is 852. The monoisotopic (exact) mass is 402 g/mol. The second kappa shape index (κ2) is 9.58. The maximum Gasteiger partial charge on any atom is 0.313 e. The number of nitrogens with zero attached hydrogens (tertiary/aromatic N) is 2. The largest absolute Gasteiger partial charge is 0.346 e. The Morgan fingerprint density at radius 2 is 1.62 bits per heavy atom. The molecule has 1 fully saturated rings. The predicted molar refractivity (Wildman–Crippen MR) is 106 cm³/mol. The third-order valence-electron chi connectivity index (χ3n) is 5.02. The molecule has 2 N–H and O–H groups in total.